The number of carbonyl (C=O) groups is 2. The Labute approximate surface area is 126 Å². The van der Waals surface area contributed by atoms with Gasteiger partial charge in [-0.15, -0.1) is 0 Å². The molecule has 1 atom stereocenters. The number of benzene rings is 1. The molecule has 1 fully saturated rings. The first-order valence-corrected chi connectivity index (χ1v) is 7.85. The zero-order chi connectivity index (χ0) is 15.2. The molecule has 2 rings (SSSR count). The highest BCUT2D eigenvalue weighted by atomic mass is 16.2. The van der Waals surface area contributed by atoms with Crippen molar-refractivity contribution in [3.05, 3.63) is 29.8 Å². The number of carbonyl (C=O) groups excluding carboxylic acids is 2. The third-order valence-electron chi connectivity index (χ3n) is 3.80. The van der Waals surface area contributed by atoms with Crippen LogP contribution >= 0.6 is 0 Å². The van der Waals surface area contributed by atoms with Gasteiger partial charge in [0.2, 0.25) is 5.91 Å². The third kappa shape index (κ3) is 3.84. The molecule has 1 saturated heterocycles. The lowest BCUT2D eigenvalue weighted by atomic mass is 10.1. The molecule has 0 aromatic heterocycles. The van der Waals surface area contributed by atoms with E-state index in [0.717, 1.165) is 18.5 Å². The molecule has 114 valence electrons. The van der Waals surface area contributed by atoms with Crippen LogP contribution in [0.3, 0.4) is 0 Å². The smallest absolute Gasteiger partial charge is 0.252 e. The number of nitrogens with one attached hydrogen (secondary N) is 1. The van der Waals surface area contributed by atoms with Gasteiger partial charge in [-0.3, -0.25) is 14.5 Å². The normalized spacial score (nSPS) is 18.4. The van der Waals surface area contributed by atoms with Crippen LogP contribution in [0.4, 0.5) is 5.69 Å². The van der Waals surface area contributed by atoms with E-state index in [-0.39, 0.29) is 18.2 Å². The average molecular weight is 288 g/mol. The van der Waals surface area contributed by atoms with E-state index in [2.05, 4.69) is 24.4 Å². The molecule has 1 aromatic carbocycles. The summed E-state index contributed by atoms with van der Waals surface area (Å²) in [5.74, 6) is -0.171. The molecule has 4 heteroatoms. The van der Waals surface area contributed by atoms with Crippen LogP contribution in [0.15, 0.2) is 24.3 Å². The highest BCUT2D eigenvalue weighted by Crippen LogP contribution is 2.19. The largest absolute Gasteiger partial charge is 0.373 e. The van der Waals surface area contributed by atoms with E-state index in [1.807, 2.05) is 19.1 Å². The summed E-state index contributed by atoms with van der Waals surface area (Å²) in [6, 6.07) is 7.74. The number of unbranched alkanes of at least 4 members (excludes halogenated alkanes) is 1. The number of nitrogens with zero attached hydrogens (tertiary/aromatic N) is 1. The van der Waals surface area contributed by atoms with E-state index >= 15 is 0 Å². The average Bonchev–Trinajstić information content (AvgIpc) is 2.75. The first-order valence-electron chi connectivity index (χ1n) is 7.85. The van der Waals surface area contributed by atoms with Gasteiger partial charge in [0.25, 0.3) is 5.91 Å². The highest BCUT2D eigenvalue weighted by Gasteiger charge is 2.37. The van der Waals surface area contributed by atoms with Crippen molar-refractivity contribution in [2.24, 2.45) is 0 Å². The minimum atomic E-state index is -0.412. The van der Waals surface area contributed by atoms with E-state index < -0.39 is 6.04 Å². The lowest BCUT2D eigenvalue weighted by Gasteiger charge is -2.15. The van der Waals surface area contributed by atoms with Crippen molar-refractivity contribution in [3.63, 3.8) is 0 Å². The third-order valence-corrected chi connectivity index (χ3v) is 3.80. The van der Waals surface area contributed by atoms with Gasteiger partial charge < -0.3 is 5.32 Å². The van der Waals surface area contributed by atoms with Gasteiger partial charge >= 0.3 is 0 Å². The number of amides is 2. The molecule has 2 amide bonds. The first kappa shape index (κ1) is 15.5. The van der Waals surface area contributed by atoms with Crippen LogP contribution in [0.1, 0.15) is 45.1 Å². The van der Waals surface area contributed by atoms with Gasteiger partial charge in [0.15, 0.2) is 0 Å². The predicted molar refractivity (Wildman–Crippen MR) is 84.1 cm³/mol. The van der Waals surface area contributed by atoms with Crippen molar-refractivity contribution in [1.82, 2.24) is 4.90 Å². The number of imide groups is 1. The molecule has 1 N–H and O–H groups in total. The second kappa shape index (κ2) is 7.25. The molecule has 0 radical (unpaired) electrons. The van der Waals surface area contributed by atoms with Crippen LogP contribution in [0.5, 0.6) is 0 Å². The van der Waals surface area contributed by atoms with Crippen LogP contribution < -0.4 is 5.32 Å². The molecule has 1 heterocycles. The molecule has 1 unspecified atom stereocenters. The Bertz CT molecular complexity index is 496. The van der Waals surface area contributed by atoms with Crippen LogP contribution in [0.25, 0.3) is 0 Å². The molecule has 0 bridgehead atoms. The molecule has 1 aliphatic heterocycles. The second-order valence-corrected chi connectivity index (χ2v) is 5.59. The number of aryl methyl sites for hydroxylation is 1. The van der Waals surface area contributed by atoms with Crippen LogP contribution in [0, 0.1) is 0 Å². The standard InChI is InChI=1S/C17H24N2O2/c1-3-5-6-13-7-9-14(10-8-13)18-15-12-16(20)19(11-4-2)17(15)21/h7-10,15,18H,3-6,11-12H2,1-2H3. The van der Waals surface area contributed by atoms with Crippen molar-refractivity contribution in [2.75, 3.05) is 11.9 Å². The Balaban J connectivity index is 1.95. The summed E-state index contributed by atoms with van der Waals surface area (Å²) in [6.45, 7) is 4.67. The number of hydrogen-bond acceptors (Lipinski definition) is 3. The zero-order valence-electron chi connectivity index (χ0n) is 12.9. The van der Waals surface area contributed by atoms with E-state index in [0.29, 0.717) is 6.54 Å². The summed E-state index contributed by atoms with van der Waals surface area (Å²) in [6.07, 6.45) is 4.52. The Morgan fingerprint density at radius 1 is 1.14 bits per heavy atom. The molecular formula is C17H24N2O2. The fourth-order valence-corrected chi connectivity index (χ4v) is 2.60. The van der Waals surface area contributed by atoms with Crippen molar-refractivity contribution in [2.45, 2.75) is 52.0 Å². The summed E-state index contributed by atoms with van der Waals surface area (Å²) in [5, 5.41) is 3.18. The summed E-state index contributed by atoms with van der Waals surface area (Å²) < 4.78 is 0. The summed E-state index contributed by atoms with van der Waals surface area (Å²) in [4.78, 5) is 25.3. The number of rotatable bonds is 7. The van der Waals surface area contributed by atoms with Gasteiger partial charge in [-0.1, -0.05) is 32.4 Å². The van der Waals surface area contributed by atoms with Crippen molar-refractivity contribution >= 4 is 17.5 Å². The molecule has 1 aromatic rings. The molecule has 4 nitrogen and oxygen atoms in total. The van der Waals surface area contributed by atoms with E-state index in [1.54, 1.807) is 0 Å². The zero-order valence-corrected chi connectivity index (χ0v) is 12.9. The van der Waals surface area contributed by atoms with Gasteiger partial charge in [0, 0.05) is 12.2 Å². The Kier molecular flexibility index (Phi) is 5.37. The highest BCUT2D eigenvalue weighted by molar-refractivity contribution is 6.06. The fourth-order valence-electron chi connectivity index (χ4n) is 2.60. The summed E-state index contributed by atoms with van der Waals surface area (Å²) in [5.41, 5.74) is 2.21. The van der Waals surface area contributed by atoms with Crippen LogP contribution in [0.2, 0.25) is 0 Å². The first-order chi connectivity index (χ1) is 10.2. The van der Waals surface area contributed by atoms with Gasteiger partial charge in [0.1, 0.15) is 6.04 Å². The van der Waals surface area contributed by atoms with Crippen LogP contribution in [-0.2, 0) is 16.0 Å². The van der Waals surface area contributed by atoms with Gasteiger partial charge in [0.05, 0.1) is 6.42 Å². The maximum absolute atomic E-state index is 12.2. The number of hydrogen-bond donors (Lipinski definition) is 1. The minimum Gasteiger partial charge on any atom is -0.373 e. The Hall–Kier alpha value is -1.84. The quantitative estimate of drug-likeness (QED) is 0.785. The van der Waals surface area contributed by atoms with Crippen molar-refractivity contribution < 1.29 is 9.59 Å². The van der Waals surface area contributed by atoms with E-state index in [4.69, 9.17) is 0 Å². The number of anilines is 1. The topological polar surface area (TPSA) is 49.4 Å². The molecular weight excluding hydrogens is 264 g/mol. The number of likely N-dealkylation sites (tertiary alicyclic amines) is 1. The minimum absolute atomic E-state index is 0.0704. The molecule has 1 aliphatic rings. The monoisotopic (exact) mass is 288 g/mol. The maximum atomic E-state index is 12.2. The second-order valence-electron chi connectivity index (χ2n) is 5.59. The SMILES string of the molecule is CCCCc1ccc(NC2CC(=O)N(CCC)C2=O)cc1. The Morgan fingerprint density at radius 3 is 2.48 bits per heavy atom. The lowest BCUT2D eigenvalue weighted by molar-refractivity contribution is -0.138. The van der Waals surface area contributed by atoms with Crippen molar-refractivity contribution in [3.8, 4) is 0 Å². The van der Waals surface area contributed by atoms with E-state index in [9.17, 15) is 9.59 Å². The van der Waals surface area contributed by atoms with Crippen LogP contribution in [-0.4, -0.2) is 29.3 Å². The molecule has 0 spiro atoms. The predicted octanol–water partition coefficient (Wildman–Crippen LogP) is 2.98. The van der Waals surface area contributed by atoms with E-state index in [1.165, 1.54) is 23.3 Å². The van der Waals surface area contributed by atoms with Crippen molar-refractivity contribution in [1.29, 1.82) is 0 Å². The molecule has 0 saturated carbocycles. The Morgan fingerprint density at radius 2 is 1.86 bits per heavy atom. The molecule has 21 heavy (non-hydrogen) atoms. The van der Waals surface area contributed by atoms with Gasteiger partial charge in [-0.25, -0.2) is 0 Å². The van der Waals surface area contributed by atoms with Gasteiger partial charge in [-0.05, 0) is 37.0 Å². The fraction of sp³-hybridized carbons (Fsp3) is 0.529. The summed E-state index contributed by atoms with van der Waals surface area (Å²) >= 11 is 0. The van der Waals surface area contributed by atoms with Gasteiger partial charge in [-0.2, -0.15) is 0 Å². The maximum Gasteiger partial charge on any atom is 0.252 e. The molecule has 0 aliphatic carbocycles. The summed E-state index contributed by atoms with van der Waals surface area (Å²) in [7, 11) is 0. The lowest BCUT2D eigenvalue weighted by Crippen LogP contribution is -2.35.